The minimum atomic E-state index is -0.205. The van der Waals surface area contributed by atoms with Crippen molar-refractivity contribution in [3.63, 3.8) is 0 Å². The van der Waals surface area contributed by atoms with Crippen LogP contribution in [0.2, 0.25) is 0 Å². The lowest BCUT2D eigenvalue weighted by molar-refractivity contribution is 0.621. The smallest absolute Gasteiger partial charge is 0.123 e. The van der Waals surface area contributed by atoms with Crippen LogP contribution in [0.1, 0.15) is 31.9 Å². The molecular weight excluding hydrogens is 203 g/mol. The molecule has 1 aliphatic heterocycles. The number of anilines is 1. The van der Waals surface area contributed by atoms with Gasteiger partial charge in [-0.3, -0.25) is 0 Å². The Hall–Kier alpha value is -1.09. The standard InChI is InChI=1S/C13H19FN2/c1-9-5-6-16(8-9)13-4-3-11(14)7-12(13)10(2)15/h3-4,7,9-10H,5-6,8,15H2,1-2H3/t9?,10-/m0/s1. The van der Waals surface area contributed by atoms with Crippen molar-refractivity contribution in [1.29, 1.82) is 0 Å². The van der Waals surface area contributed by atoms with Crippen molar-refractivity contribution in [2.24, 2.45) is 11.7 Å². The summed E-state index contributed by atoms with van der Waals surface area (Å²) in [7, 11) is 0. The molecule has 2 N–H and O–H groups in total. The Morgan fingerprint density at radius 1 is 1.50 bits per heavy atom. The zero-order valence-corrected chi connectivity index (χ0v) is 9.91. The molecule has 1 unspecified atom stereocenters. The Kier molecular flexibility index (Phi) is 3.15. The third kappa shape index (κ3) is 2.19. The van der Waals surface area contributed by atoms with Crippen LogP contribution < -0.4 is 10.6 Å². The molecule has 1 saturated heterocycles. The van der Waals surface area contributed by atoms with Gasteiger partial charge in [0.25, 0.3) is 0 Å². The van der Waals surface area contributed by atoms with Crippen LogP contribution in [0.4, 0.5) is 10.1 Å². The van der Waals surface area contributed by atoms with E-state index < -0.39 is 0 Å². The highest BCUT2D eigenvalue weighted by Crippen LogP contribution is 2.30. The van der Waals surface area contributed by atoms with E-state index >= 15 is 0 Å². The molecule has 2 nitrogen and oxygen atoms in total. The Balaban J connectivity index is 2.32. The zero-order chi connectivity index (χ0) is 11.7. The maximum atomic E-state index is 13.2. The van der Waals surface area contributed by atoms with Gasteiger partial charge in [-0.25, -0.2) is 4.39 Å². The first-order valence-electron chi connectivity index (χ1n) is 5.88. The van der Waals surface area contributed by atoms with E-state index in [0.717, 1.165) is 24.3 Å². The quantitative estimate of drug-likeness (QED) is 0.833. The van der Waals surface area contributed by atoms with Gasteiger partial charge in [0.1, 0.15) is 5.82 Å². The average Bonchev–Trinajstić information content (AvgIpc) is 2.64. The molecule has 88 valence electrons. The summed E-state index contributed by atoms with van der Waals surface area (Å²) in [5.74, 6) is 0.509. The van der Waals surface area contributed by atoms with Crippen molar-refractivity contribution < 1.29 is 4.39 Å². The predicted molar refractivity (Wildman–Crippen MR) is 65.0 cm³/mol. The van der Waals surface area contributed by atoms with Crippen LogP contribution in [0, 0.1) is 11.7 Å². The molecule has 0 spiro atoms. The molecule has 0 amide bonds. The molecule has 0 aliphatic carbocycles. The molecule has 1 fully saturated rings. The molecule has 2 atom stereocenters. The fourth-order valence-corrected chi connectivity index (χ4v) is 2.33. The van der Waals surface area contributed by atoms with E-state index in [2.05, 4.69) is 11.8 Å². The van der Waals surface area contributed by atoms with E-state index in [-0.39, 0.29) is 11.9 Å². The summed E-state index contributed by atoms with van der Waals surface area (Å²) < 4.78 is 13.2. The van der Waals surface area contributed by atoms with Gasteiger partial charge in [-0.15, -0.1) is 0 Å². The van der Waals surface area contributed by atoms with E-state index in [9.17, 15) is 4.39 Å². The SMILES string of the molecule is CC1CCN(c2ccc(F)cc2[C@H](C)N)C1. The van der Waals surface area contributed by atoms with Gasteiger partial charge >= 0.3 is 0 Å². The molecule has 0 saturated carbocycles. The molecule has 1 aromatic rings. The van der Waals surface area contributed by atoms with Crippen molar-refractivity contribution in [3.8, 4) is 0 Å². The van der Waals surface area contributed by atoms with Gasteiger partial charge < -0.3 is 10.6 Å². The van der Waals surface area contributed by atoms with Crippen LogP contribution in [-0.2, 0) is 0 Å². The Labute approximate surface area is 96.2 Å². The van der Waals surface area contributed by atoms with Gasteiger partial charge in [0.2, 0.25) is 0 Å². The Bertz CT molecular complexity index is 376. The lowest BCUT2D eigenvalue weighted by Crippen LogP contribution is -2.22. The van der Waals surface area contributed by atoms with E-state index in [1.165, 1.54) is 12.5 Å². The summed E-state index contributed by atoms with van der Waals surface area (Å²) >= 11 is 0. The van der Waals surface area contributed by atoms with Crippen LogP contribution in [0.3, 0.4) is 0 Å². The van der Waals surface area contributed by atoms with Gasteiger partial charge in [0.15, 0.2) is 0 Å². The van der Waals surface area contributed by atoms with Crippen LogP contribution in [0.15, 0.2) is 18.2 Å². The zero-order valence-electron chi connectivity index (χ0n) is 9.91. The topological polar surface area (TPSA) is 29.3 Å². The minimum absolute atomic E-state index is 0.124. The van der Waals surface area contributed by atoms with E-state index in [0.29, 0.717) is 5.92 Å². The summed E-state index contributed by atoms with van der Waals surface area (Å²) in [4.78, 5) is 2.31. The third-order valence-electron chi connectivity index (χ3n) is 3.24. The molecule has 1 aromatic carbocycles. The van der Waals surface area contributed by atoms with Crippen molar-refractivity contribution in [2.45, 2.75) is 26.3 Å². The number of nitrogens with two attached hydrogens (primary N) is 1. The second kappa shape index (κ2) is 4.42. The number of nitrogens with zero attached hydrogens (tertiary/aromatic N) is 1. The first-order valence-corrected chi connectivity index (χ1v) is 5.88. The van der Waals surface area contributed by atoms with Gasteiger partial charge in [0, 0.05) is 24.8 Å². The summed E-state index contributed by atoms with van der Waals surface area (Å²) in [6.07, 6.45) is 1.20. The molecule has 0 aromatic heterocycles. The van der Waals surface area contributed by atoms with Crippen LogP contribution in [0.5, 0.6) is 0 Å². The van der Waals surface area contributed by atoms with E-state index in [1.54, 1.807) is 6.07 Å². The first-order chi connectivity index (χ1) is 7.58. The van der Waals surface area contributed by atoms with E-state index in [4.69, 9.17) is 5.73 Å². The molecule has 1 heterocycles. The summed E-state index contributed by atoms with van der Waals surface area (Å²) in [6, 6.07) is 4.81. The molecular formula is C13H19FN2. The maximum Gasteiger partial charge on any atom is 0.123 e. The molecule has 3 heteroatoms. The summed E-state index contributed by atoms with van der Waals surface area (Å²) in [6.45, 7) is 6.24. The van der Waals surface area contributed by atoms with Crippen molar-refractivity contribution >= 4 is 5.69 Å². The first kappa shape index (κ1) is 11.4. The fourth-order valence-electron chi connectivity index (χ4n) is 2.33. The monoisotopic (exact) mass is 222 g/mol. The highest BCUT2D eigenvalue weighted by atomic mass is 19.1. The number of benzene rings is 1. The summed E-state index contributed by atoms with van der Waals surface area (Å²) in [5, 5.41) is 0. The largest absolute Gasteiger partial charge is 0.371 e. The lowest BCUT2D eigenvalue weighted by atomic mass is 10.1. The van der Waals surface area contributed by atoms with Crippen molar-refractivity contribution in [3.05, 3.63) is 29.6 Å². The molecule has 2 rings (SSSR count). The van der Waals surface area contributed by atoms with Gasteiger partial charge in [-0.05, 0) is 43.0 Å². The highest BCUT2D eigenvalue weighted by Gasteiger charge is 2.22. The number of hydrogen-bond acceptors (Lipinski definition) is 2. The Morgan fingerprint density at radius 2 is 2.25 bits per heavy atom. The minimum Gasteiger partial charge on any atom is -0.371 e. The number of halogens is 1. The third-order valence-corrected chi connectivity index (χ3v) is 3.24. The van der Waals surface area contributed by atoms with Crippen LogP contribution >= 0.6 is 0 Å². The molecule has 0 radical (unpaired) electrons. The van der Waals surface area contributed by atoms with Gasteiger partial charge in [-0.2, -0.15) is 0 Å². The summed E-state index contributed by atoms with van der Waals surface area (Å²) in [5.41, 5.74) is 7.90. The van der Waals surface area contributed by atoms with Gasteiger partial charge in [0.05, 0.1) is 0 Å². The average molecular weight is 222 g/mol. The normalized spacial score (nSPS) is 22.5. The Morgan fingerprint density at radius 3 is 2.81 bits per heavy atom. The second-order valence-electron chi connectivity index (χ2n) is 4.83. The fraction of sp³-hybridized carbons (Fsp3) is 0.538. The molecule has 0 bridgehead atoms. The van der Waals surface area contributed by atoms with E-state index in [1.807, 2.05) is 13.0 Å². The number of hydrogen-bond donors (Lipinski definition) is 1. The van der Waals surface area contributed by atoms with Crippen LogP contribution in [-0.4, -0.2) is 13.1 Å². The highest BCUT2D eigenvalue weighted by molar-refractivity contribution is 5.55. The van der Waals surface area contributed by atoms with Crippen molar-refractivity contribution in [1.82, 2.24) is 0 Å². The maximum absolute atomic E-state index is 13.2. The predicted octanol–water partition coefficient (Wildman–Crippen LogP) is 2.69. The number of rotatable bonds is 2. The second-order valence-corrected chi connectivity index (χ2v) is 4.83. The molecule has 16 heavy (non-hydrogen) atoms. The lowest BCUT2D eigenvalue weighted by Gasteiger charge is -2.23. The molecule has 1 aliphatic rings. The van der Waals surface area contributed by atoms with Crippen LogP contribution in [0.25, 0.3) is 0 Å². The van der Waals surface area contributed by atoms with Gasteiger partial charge in [-0.1, -0.05) is 6.92 Å². The van der Waals surface area contributed by atoms with Crippen molar-refractivity contribution in [2.75, 3.05) is 18.0 Å².